The minimum atomic E-state index is -3.83. The fourth-order valence-corrected chi connectivity index (χ4v) is 5.10. The van der Waals surface area contributed by atoms with E-state index in [0.717, 1.165) is 55.6 Å². The van der Waals surface area contributed by atoms with Gasteiger partial charge in [-0.3, -0.25) is 14.4 Å². The van der Waals surface area contributed by atoms with Crippen molar-refractivity contribution in [2.75, 3.05) is 23.2 Å². The van der Waals surface area contributed by atoms with Crippen LogP contribution in [0, 0.1) is 0 Å². The van der Waals surface area contributed by atoms with Gasteiger partial charge in [0.2, 0.25) is 0 Å². The molecule has 0 aliphatic heterocycles. The quantitative estimate of drug-likeness (QED) is 0.0877. The van der Waals surface area contributed by atoms with Gasteiger partial charge < -0.3 is 10.6 Å². The molecular weight excluding hydrogens is 575 g/mol. The lowest BCUT2D eigenvalue weighted by Crippen LogP contribution is -2.39. The van der Waals surface area contributed by atoms with Crippen molar-refractivity contribution in [3.63, 3.8) is 0 Å². The Kier molecular flexibility index (Phi) is 16.2. The number of amides is 3. The summed E-state index contributed by atoms with van der Waals surface area (Å²) < 4.78 is 43.6. The molecule has 0 heterocycles. The van der Waals surface area contributed by atoms with Gasteiger partial charge >= 0.3 is 11.8 Å². The normalized spacial score (nSPS) is 11.3. The zero-order chi connectivity index (χ0) is 31.7. The second kappa shape index (κ2) is 19.3. The van der Waals surface area contributed by atoms with Crippen molar-refractivity contribution in [2.24, 2.45) is 0 Å². The van der Waals surface area contributed by atoms with Crippen LogP contribution in [0.15, 0.2) is 47.4 Å². The SMILES string of the molecule is CCCCCCCCCCCCC(F)(F)C(=O)N(F)c1ccc(C(=O)Nc2cc(C(=O)NCCCC)ccc2SC)cc1. The smallest absolute Gasteiger partial charge is 0.327 e. The third-order valence-corrected chi connectivity index (χ3v) is 8.01. The first-order valence-corrected chi connectivity index (χ1v) is 16.6. The van der Waals surface area contributed by atoms with Crippen LogP contribution in [0.5, 0.6) is 0 Å². The lowest BCUT2D eigenvalue weighted by Gasteiger charge is -2.20. The van der Waals surface area contributed by atoms with Crippen LogP contribution in [0.25, 0.3) is 0 Å². The summed E-state index contributed by atoms with van der Waals surface area (Å²) in [6.45, 7) is 4.74. The third kappa shape index (κ3) is 12.3. The molecule has 0 radical (unpaired) electrons. The van der Waals surface area contributed by atoms with Crippen LogP contribution in [-0.4, -0.2) is 36.4 Å². The van der Waals surface area contributed by atoms with Crippen molar-refractivity contribution in [3.05, 3.63) is 53.6 Å². The van der Waals surface area contributed by atoms with Crippen molar-refractivity contribution in [2.45, 2.75) is 108 Å². The number of unbranched alkanes of at least 4 members (excludes halogenated alkanes) is 10. The Morgan fingerprint density at radius 3 is 1.91 bits per heavy atom. The number of nitrogens with zero attached hydrogens (tertiary/aromatic N) is 1. The van der Waals surface area contributed by atoms with Gasteiger partial charge in [0.05, 0.1) is 11.4 Å². The molecule has 2 N–H and O–H groups in total. The number of hydrogen-bond acceptors (Lipinski definition) is 4. The number of carbonyl (C=O) groups excluding carboxylic acids is 3. The van der Waals surface area contributed by atoms with Crippen molar-refractivity contribution in [1.29, 1.82) is 0 Å². The molecule has 0 saturated heterocycles. The second-order valence-corrected chi connectivity index (χ2v) is 11.6. The van der Waals surface area contributed by atoms with Crippen LogP contribution in [0.1, 0.15) is 118 Å². The first-order chi connectivity index (χ1) is 20.6. The summed E-state index contributed by atoms with van der Waals surface area (Å²) in [5.74, 6) is -6.53. The number of thioether (sulfide) groups is 1. The number of rotatable bonds is 20. The van der Waals surface area contributed by atoms with E-state index >= 15 is 0 Å². The molecule has 2 rings (SSSR count). The summed E-state index contributed by atoms with van der Waals surface area (Å²) in [4.78, 5) is 38.3. The van der Waals surface area contributed by atoms with Crippen molar-refractivity contribution in [1.82, 2.24) is 5.32 Å². The molecule has 2 aromatic carbocycles. The summed E-state index contributed by atoms with van der Waals surface area (Å²) in [6, 6.07) is 9.72. The van der Waals surface area contributed by atoms with Crippen LogP contribution in [0.4, 0.5) is 24.6 Å². The van der Waals surface area contributed by atoms with Gasteiger partial charge in [-0.25, -0.2) is 0 Å². The largest absolute Gasteiger partial charge is 0.352 e. The maximum absolute atomic E-state index is 14.7. The van der Waals surface area contributed by atoms with Gasteiger partial charge in [0.25, 0.3) is 11.8 Å². The van der Waals surface area contributed by atoms with E-state index in [1.165, 1.54) is 49.6 Å². The average molecular weight is 622 g/mol. The van der Waals surface area contributed by atoms with Gasteiger partial charge in [0.15, 0.2) is 0 Å². The summed E-state index contributed by atoms with van der Waals surface area (Å²) in [5.41, 5.74) is 0.565. The highest BCUT2D eigenvalue weighted by molar-refractivity contribution is 7.98. The van der Waals surface area contributed by atoms with Crippen LogP contribution < -0.4 is 15.8 Å². The minimum Gasteiger partial charge on any atom is -0.352 e. The molecule has 10 heteroatoms. The van der Waals surface area contributed by atoms with Crippen LogP contribution >= 0.6 is 11.8 Å². The van der Waals surface area contributed by atoms with Crippen molar-refractivity contribution >= 4 is 40.9 Å². The molecule has 6 nitrogen and oxygen atoms in total. The Morgan fingerprint density at radius 1 is 0.767 bits per heavy atom. The van der Waals surface area contributed by atoms with E-state index in [-0.39, 0.29) is 23.6 Å². The number of alkyl halides is 2. The molecule has 0 unspecified atom stereocenters. The number of benzene rings is 2. The van der Waals surface area contributed by atoms with E-state index in [1.54, 1.807) is 18.2 Å². The number of halogens is 3. The molecular formula is C33H46F3N3O3S. The predicted molar refractivity (Wildman–Crippen MR) is 170 cm³/mol. The summed E-state index contributed by atoms with van der Waals surface area (Å²) >= 11 is 1.39. The summed E-state index contributed by atoms with van der Waals surface area (Å²) in [6.07, 6.45) is 12.5. The third-order valence-electron chi connectivity index (χ3n) is 7.22. The van der Waals surface area contributed by atoms with E-state index in [4.69, 9.17) is 0 Å². The Labute approximate surface area is 258 Å². The lowest BCUT2D eigenvalue weighted by atomic mass is 10.0. The monoisotopic (exact) mass is 621 g/mol. The maximum Gasteiger partial charge on any atom is 0.327 e. The molecule has 0 aromatic heterocycles. The second-order valence-electron chi connectivity index (χ2n) is 10.7. The van der Waals surface area contributed by atoms with E-state index in [2.05, 4.69) is 17.6 Å². The molecule has 0 atom stereocenters. The van der Waals surface area contributed by atoms with E-state index in [0.29, 0.717) is 24.2 Å². The molecule has 3 amide bonds. The van der Waals surface area contributed by atoms with Crippen LogP contribution in [0.3, 0.4) is 0 Å². The highest BCUT2D eigenvalue weighted by Gasteiger charge is 2.42. The van der Waals surface area contributed by atoms with E-state index < -0.39 is 29.3 Å². The summed E-state index contributed by atoms with van der Waals surface area (Å²) in [7, 11) is 0. The average Bonchev–Trinajstić information content (AvgIpc) is 3.01. The van der Waals surface area contributed by atoms with Crippen molar-refractivity contribution < 1.29 is 27.6 Å². The first-order valence-electron chi connectivity index (χ1n) is 15.4. The molecule has 2 aromatic rings. The van der Waals surface area contributed by atoms with E-state index in [9.17, 15) is 27.6 Å². The van der Waals surface area contributed by atoms with Gasteiger partial charge in [0.1, 0.15) is 0 Å². The van der Waals surface area contributed by atoms with Gasteiger partial charge in [-0.15, -0.1) is 16.9 Å². The zero-order valence-electron chi connectivity index (χ0n) is 25.7. The highest BCUT2D eigenvalue weighted by Crippen LogP contribution is 2.30. The molecule has 0 spiro atoms. The molecule has 43 heavy (non-hydrogen) atoms. The fourth-order valence-electron chi connectivity index (χ4n) is 4.57. The molecule has 238 valence electrons. The molecule has 0 aliphatic rings. The Hall–Kier alpha value is -3.01. The number of carbonyl (C=O) groups is 3. The zero-order valence-corrected chi connectivity index (χ0v) is 26.5. The molecule has 0 saturated carbocycles. The number of nitrogens with one attached hydrogen (secondary N) is 2. The number of hydrogen-bond donors (Lipinski definition) is 2. The van der Waals surface area contributed by atoms with Crippen LogP contribution in [0.2, 0.25) is 0 Å². The maximum atomic E-state index is 14.7. The molecule has 0 fully saturated rings. The standard InChI is InChI=1S/C33H46F3N3O3S/c1-4-6-8-9-10-11-12-13-14-15-22-33(34,35)32(42)39(36)27-19-16-25(17-20-27)31(41)38-28-24-26(18-21-29(28)43-3)30(40)37-23-7-5-2/h16-21,24H,4-15,22-23H2,1-3H3,(H,37,40)(H,38,41). The highest BCUT2D eigenvalue weighted by atomic mass is 32.2. The van der Waals surface area contributed by atoms with Crippen molar-refractivity contribution in [3.8, 4) is 0 Å². The summed E-state index contributed by atoms with van der Waals surface area (Å²) in [5, 5.41) is 5.04. The van der Waals surface area contributed by atoms with Gasteiger partial charge in [0, 0.05) is 29.0 Å². The van der Waals surface area contributed by atoms with Gasteiger partial charge in [-0.2, -0.15) is 8.78 Å². The van der Waals surface area contributed by atoms with E-state index in [1.807, 2.05) is 13.2 Å². The van der Waals surface area contributed by atoms with Gasteiger partial charge in [-0.05, 0) is 61.6 Å². The first kappa shape index (κ1) is 36.2. The predicted octanol–water partition coefficient (Wildman–Crippen LogP) is 9.35. The topological polar surface area (TPSA) is 78.5 Å². The fraction of sp³-hybridized carbons (Fsp3) is 0.545. The van der Waals surface area contributed by atoms with Gasteiger partial charge in [-0.1, -0.05) is 82.5 Å². The lowest BCUT2D eigenvalue weighted by molar-refractivity contribution is -0.146. The Balaban J connectivity index is 1.91. The van der Waals surface area contributed by atoms with Crippen LogP contribution in [-0.2, 0) is 4.79 Å². The number of anilines is 2. The molecule has 0 aliphatic carbocycles. The molecule has 0 bridgehead atoms. The minimum absolute atomic E-state index is 0.131. The Bertz CT molecular complexity index is 1160. The Morgan fingerprint density at radius 2 is 1.33 bits per heavy atom.